The van der Waals surface area contributed by atoms with E-state index in [-0.39, 0.29) is 28.6 Å². The molecule has 3 heterocycles. The van der Waals surface area contributed by atoms with Gasteiger partial charge in [-0.3, -0.25) is 9.35 Å². The van der Waals surface area contributed by atoms with Crippen LogP contribution in [0.4, 0.5) is 20.6 Å². The number of halogens is 2. The number of nitrogens with zero attached hydrogens (tertiary/aromatic N) is 2. The van der Waals surface area contributed by atoms with Crippen LogP contribution in [0, 0.1) is 11.7 Å². The van der Waals surface area contributed by atoms with Crippen molar-refractivity contribution in [3.05, 3.63) is 76.2 Å². The Hall–Kier alpha value is -3.78. The molecule has 41 heavy (non-hydrogen) atoms. The lowest BCUT2D eigenvalue weighted by Gasteiger charge is -2.38. The van der Waals surface area contributed by atoms with Gasteiger partial charge in [0, 0.05) is 52.3 Å². The number of amides is 3. The fourth-order valence-electron chi connectivity index (χ4n) is 4.47. The number of thiophene rings is 1. The Kier molecular flexibility index (Phi) is 9.12. The van der Waals surface area contributed by atoms with Gasteiger partial charge < -0.3 is 20.9 Å². The number of urea groups is 1. The Morgan fingerprint density at radius 2 is 1.88 bits per heavy atom. The number of carbonyl (C=O) groups is 2. The summed E-state index contributed by atoms with van der Waals surface area (Å²) < 4.78 is 41.7. The fraction of sp³-hybridized carbons (Fsp3) is 0.222. The summed E-state index contributed by atoms with van der Waals surface area (Å²) >= 11 is 7.89. The summed E-state index contributed by atoms with van der Waals surface area (Å²) in [7, 11) is -1.89. The lowest BCUT2D eigenvalue weighted by molar-refractivity contribution is -0.127. The topological polar surface area (TPSA) is 140 Å². The van der Waals surface area contributed by atoms with Crippen LogP contribution in [0.3, 0.4) is 0 Å². The molecule has 0 fully saturated rings. The zero-order valence-corrected chi connectivity index (χ0v) is 24.6. The molecule has 0 saturated heterocycles. The lowest BCUT2D eigenvalue weighted by Crippen LogP contribution is -2.48. The molecule has 2 atom stereocenters. The minimum absolute atomic E-state index is 0.0793. The predicted molar refractivity (Wildman–Crippen MR) is 162 cm³/mol. The highest BCUT2D eigenvalue weighted by molar-refractivity contribution is 7.85. The van der Waals surface area contributed by atoms with E-state index in [1.54, 1.807) is 24.2 Å². The van der Waals surface area contributed by atoms with Gasteiger partial charge in [0.05, 0.1) is 28.7 Å². The van der Waals surface area contributed by atoms with Gasteiger partial charge in [0.2, 0.25) is 0 Å². The first-order valence-corrected chi connectivity index (χ1v) is 15.4. The number of anilines is 2. The second kappa shape index (κ2) is 12.4. The van der Waals surface area contributed by atoms with Gasteiger partial charge in [-0.05, 0) is 31.2 Å². The van der Waals surface area contributed by atoms with Crippen molar-refractivity contribution in [3.63, 3.8) is 0 Å². The van der Waals surface area contributed by atoms with Crippen molar-refractivity contribution in [3.8, 4) is 0 Å². The molecule has 3 aromatic rings. The molecule has 0 spiro atoms. The van der Waals surface area contributed by atoms with Gasteiger partial charge in [-0.25, -0.2) is 14.2 Å². The number of rotatable bonds is 5. The van der Waals surface area contributed by atoms with E-state index in [9.17, 15) is 22.4 Å². The molecule has 0 saturated carbocycles. The molecule has 0 aliphatic carbocycles. The molecule has 4 N–H and O–H groups in total. The summed E-state index contributed by atoms with van der Waals surface area (Å²) in [5.74, 6) is -0.407. The molecule has 14 heteroatoms. The number of benzene rings is 2. The number of likely N-dealkylation sites (N-methyl/N-ethyl adjacent to an activating group) is 1. The summed E-state index contributed by atoms with van der Waals surface area (Å²) in [5.41, 5.74) is 1.22. The van der Waals surface area contributed by atoms with Crippen LogP contribution in [0.2, 0.25) is 5.02 Å². The van der Waals surface area contributed by atoms with Gasteiger partial charge in [0.1, 0.15) is 11.6 Å². The smallest absolute Gasteiger partial charge is 0.323 e. The first-order chi connectivity index (χ1) is 19.4. The molecule has 2 aromatic carbocycles. The Balaban J connectivity index is 0.000000714. The predicted octanol–water partition coefficient (Wildman–Crippen LogP) is 5.22. The molecule has 2 aliphatic rings. The van der Waals surface area contributed by atoms with Gasteiger partial charge in [0.15, 0.2) is 0 Å². The molecule has 3 amide bonds. The second-order valence-corrected chi connectivity index (χ2v) is 11.9. The van der Waals surface area contributed by atoms with E-state index in [1.165, 1.54) is 17.4 Å². The molecule has 0 radical (unpaired) electrons. The molecule has 5 rings (SSSR count). The minimum Gasteiger partial charge on any atom is -0.373 e. The van der Waals surface area contributed by atoms with Crippen molar-refractivity contribution < 1.29 is 27.0 Å². The number of carbonyl (C=O) groups excluding carboxylic acids is 2. The largest absolute Gasteiger partial charge is 0.373 e. The van der Waals surface area contributed by atoms with Crippen molar-refractivity contribution in [2.24, 2.45) is 10.9 Å². The monoisotopic (exact) mass is 619 g/mol. The van der Waals surface area contributed by atoms with Crippen LogP contribution in [-0.4, -0.2) is 61.9 Å². The van der Waals surface area contributed by atoms with E-state index in [0.29, 0.717) is 35.4 Å². The van der Waals surface area contributed by atoms with Crippen LogP contribution in [0.1, 0.15) is 12.5 Å². The quantitative estimate of drug-likeness (QED) is 0.289. The molecule has 2 unspecified atom stereocenters. The van der Waals surface area contributed by atoms with Gasteiger partial charge in [-0.2, -0.15) is 8.42 Å². The summed E-state index contributed by atoms with van der Waals surface area (Å²) in [5, 5.41) is 11.1. The summed E-state index contributed by atoms with van der Waals surface area (Å²) in [4.78, 5) is 32.3. The number of aliphatic imine (C=N–C) groups is 1. The van der Waals surface area contributed by atoms with Crippen LogP contribution in [0.15, 0.2) is 64.7 Å². The third-order valence-electron chi connectivity index (χ3n) is 6.24. The first kappa shape index (κ1) is 30.2. The highest BCUT2D eigenvalue weighted by atomic mass is 35.5. The molecule has 1 aromatic heterocycles. The lowest BCUT2D eigenvalue weighted by atomic mass is 9.87. The van der Waals surface area contributed by atoms with Crippen molar-refractivity contribution in [2.75, 3.05) is 30.5 Å². The number of nitrogens with one attached hydrogen (secondary N) is 3. The summed E-state index contributed by atoms with van der Waals surface area (Å²) in [6, 6.07) is 9.38. The van der Waals surface area contributed by atoms with Crippen molar-refractivity contribution >= 4 is 78.2 Å². The van der Waals surface area contributed by atoms with Crippen LogP contribution in [-0.2, 0) is 14.9 Å². The average Bonchev–Trinajstić information content (AvgIpc) is 3.31. The third-order valence-corrected chi connectivity index (χ3v) is 7.52. The van der Waals surface area contributed by atoms with E-state index < -0.39 is 22.0 Å². The van der Waals surface area contributed by atoms with Crippen LogP contribution in [0.25, 0.3) is 15.7 Å². The Labute approximate surface area is 245 Å². The maximum absolute atomic E-state index is 14.8. The minimum atomic E-state index is -3.67. The van der Waals surface area contributed by atoms with E-state index in [4.69, 9.17) is 16.2 Å². The number of fused-ring (bicyclic) bond motifs is 2. The highest BCUT2D eigenvalue weighted by Gasteiger charge is 2.36. The SMILES string of the molecule is CCN1C(=O)C(c2cc(NC(=O)Nc3csc4ccccc34)c(F)cc2Cl)=CC2C=NC(NC)=CC21.CS(=O)(=O)O. The molecule has 0 bridgehead atoms. The summed E-state index contributed by atoms with van der Waals surface area (Å²) in [6.07, 6.45) is 6.21. The zero-order valence-electron chi connectivity index (χ0n) is 22.2. The highest BCUT2D eigenvalue weighted by Crippen LogP contribution is 2.37. The average molecular weight is 620 g/mol. The van der Waals surface area contributed by atoms with Gasteiger partial charge >= 0.3 is 6.03 Å². The Morgan fingerprint density at radius 3 is 2.56 bits per heavy atom. The van der Waals surface area contributed by atoms with Gasteiger partial charge in [-0.1, -0.05) is 35.9 Å². The Bertz CT molecular complexity index is 1700. The normalized spacial score (nSPS) is 18.1. The van der Waals surface area contributed by atoms with Crippen LogP contribution >= 0.6 is 22.9 Å². The van der Waals surface area contributed by atoms with Crippen molar-refractivity contribution in [2.45, 2.75) is 13.0 Å². The van der Waals surface area contributed by atoms with Crippen molar-refractivity contribution in [1.29, 1.82) is 0 Å². The second-order valence-electron chi connectivity index (χ2n) is 9.09. The van der Waals surface area contributed by atoms with Crippen LogP contribution in [0.5, 0.6) is 0 Å². The molecular formula is C27H27ClFN5O5S2. The van der Waals surface area contributed by atoms with Gasteiger partial charge in [-0.15, -0.1) is 11.3 Å². The maximum atomic E-state index is 14.8. The van der Waals surface area contributed by atoms with E-state index in [1.807, 2.05) is 42.6 Å². The van der Waals surface area contributed by atoms with Crippen molar-refractivity contribution in [1.82, 2.24) is 10.2 Å². The number of hydrogen-bond donors (Lipinski definition) is 4. The maximum Gasteiger partial charge on any atom is 0.323 e. The summed E-state index contributed by atoms with van der Waals surface area (Å²) in [6.45, 7) is 2.37. The van der Waals surface area contributed by atoms with E-state index in [2.05, 4.69) is 20.9 Å². The van der Waals surface area contributed by atoms with E-state index >= 15 is 0 Å². The molecular weight excluding hydrogens is 593 g/mol. The molecule has 10 nitrogen and oxygen atoms in total. The first-order valence-electron chi connectivity index (χ1n) is 12.3. The molecule has 216 valence electrons. The van der Waals surface area contributed by atoms with Crippen LogP contribution < -0.4 is 16.0 Å². The number of hydrogen-bond acceptors (Lipinski definition) is 7. The zero-order chi connectivity index (χ0) is 29.9. The standard InChI is InChI=1S/C26H23ClFN5O2S.CH4O3S/c1-3-33-22-11-24(29-2)30-12-14(22)8-17(25(33)34)16-9-20(19(28)10-18(16)27)31-26(35)32-21-13-36-23-7-5-4-6-15(21)23;1-5(2,3)4/h4-14,22,29H,3H2,1-2H3,(H2,31,32,35);1H3,(H,2,3,4). The third kappa shape index (κ3) is 7.11. The van der Waals surface area contributed by atoms with E-state index in [0.717, 1.165) is 16.2 Å². The fourth-order valence-corrected chi connectivity index (χ4v) is 5.62. The molecule has 2 aliphatic heterocycles. The Morgan fingerprint density at radius 1 is 1.20 bits per heavy atom. The van der Waals surface area contributed by atoms with Gasteiger partial charge in [0.25, 0.3) is 16.0 Å².